The van der Waals surface area contributed by atoms with Crippen molar-refractivity contribution in [1.82, 2.24) is 24.6 Å². The molecular formula is C14H19N5OS. The Labute approximate surface area is 128 Å². The lowest BCUT2D eigenvalue weighted by Crippen LogP contribution is -2.35. The summed E-state index contributed by atoms with van der Waals surface area (Å²) in [5.41, 5.74) is 0.818. The van der Waals surface area contributed by atoms with Gasteiger partial charge in [0.25, 0.3) is 5.91 Å². The van der Waals surface area contributed by atoms with E-state index in [1.54, 1.807) is 24.0 Å². The molecule has 0 bridgehead atoms. The number of hydrogen-bond acceptors (Lipinski definition) is 5. The molecule has 7 heteroatoms. The van der Waals surface area contributed by atoms with Gasteiger partial charge in [0, 0.05) is 38.1 Å². The molecular weight excluding hydrogens is 286 g/mol. The van der Waals surface area contributed by atoms with Crippen molar-refractivity contribution in [1.29, 1.82) is 0 Å². The van der Waals surface area contributed by atoms with E-state index in [1.807, 2.05) is 26.3 Å². The molecule has 112 valence electrons. The molecule has 0 spiro atoms. The topological polar surface area (TPSA) is 54.3 Å². The van der Waals surface area contributed by atoms with Crippen molar-refractivity contribution in [3.05, 3.63) is 35.0 Å². The van der Waals surface area contributed by atoms with Gasteiger partial charge < -0.3 is 9.47 Å². The van der Waals surface area contributed by atoms with E-state index in [0.29, 0.717) is 0 Å². The molecule has 6 nitrogen and oxygen atoms in total. The van der Waals surface area contributed by atoms with Crippen LogP contribution in [0.15, 0.2) is 29.5 Å². The first-order valence-corrected chi connectivity index (χ1v) is 8.13. The average Bonchev–Trinajstić information content (AvgIpc) is 3.15. The zero-order valence-electron chi connectivity index (χ0n) is 11.9. The van der Waals surface area contributed by atoms with Crippen molar-refractivity contribution in [2.75, 3.05) is 32.7 Å². The standard InChI is InChI=1S/C14H19N5OS/c20-14(13-2-9-21-10-13)19-4-1-3-17(7-8-19)5-6-18-11-15-16-12-18/h2,9-12H,1,3-8H2. The van der Waals surface area contributed by atoms with Gasteiger partial charge in [0.2, 0.25) is 0 Å². The first-order chi connectivity index (χ1) is 10.3. The van der Waals surface area contributed by atoms with Gasteiger partial charge in [-0.15, -0.1) is 10.2 Å². The lowest BCUT2D eigenvalue weighted by molar-refractivity contribution is 0.0762. The van der Waals surface area contributed by atoms with Gasteiger partial charge in [-0.05, 0) is 24.4 Å². The molecule has 0 aliphatic carbocycles. The maximum atomic E-state index is 12.4. The molecule has 2 aromatic heterocycles. The van der Waals surface area contributed by atoms with Gasteiger partial charge in [0.15, 0.2) is 0 Å². The summed E-state index contributed by atoms with van der Waals surface area (Å²) < 4.78 is 1.99. The predicted octanol–water partition coefficient (Wildman–Crippen LogP) is 1.19. The minimum Gasteiger partial charge on any atom is -0.337 e. The first-order valence-electron chi connectivity index (χ1n) is 7.19. The number of nitrogens with zero attached hydrogens (tertiary/aromatic N) is 5. The third-order valence-corrected chi connectivity index (χ3v) is 4.47. The fraction of sp³-hybridized carbons (Fsp3) is 0.500. The Bertz CT molecular complexity index is 554. The van der Waals surface area contributed by atoms with Crippen LogP contribution in [0, 0.1) is 0 Å². The van der Waals surface area contributed by atoms with Gasteiger partial charge in [-0.25, -0.2) is 0 Å². The van der Waals surface area contributed by atoms with Crippen LogP contribution < -0.4 is 0 Å². The fourth-order valence-electron chi connectivity index (χ4n) is 2.56. The van der Waals surface area contributed by atoms with Gasteiger partial charge in [-0.1, -0.05) is 0 Å². The largest absolute Gasteiger partial charge is 0.337 e. The minimum absolute atomic E-state index is 0.164. The molecule has 0 aromatic carbocycles. The van der Waals surface area contributed by atoms with Crippen LogP contribution >= 0.6 is 11.3 Å². The number of rotatable bonds is 4. The molecule has 1 amide bonds. The first kappa shape index (κ1) is 14.2. The second-order valence-corrected chi connectivity index (χ2v) is 5.98. The van der Waals surface area contributed by atoms with Crippen LogP contribution in [-0.4, -0.2) is 63.2 Å². The maximum Gasteiger partial charge on any atom is 0.254 e. The van der Waals surface area contributed by atoms with E-state index >= 15 is 0 Å². The van der Waals surface area contributed by atoms with Crippen molar-refractivity contribution in [2.24, 2.45) is 0 Å². The minimum atomic E-state index is 0.164. The van der Waals surface area contributed by atoms with Crippen molar-refractivity contribution >= 4 is 17.2 Å². The Morgan fingerprint density at radius 1 is 1.14 bits per heavy atom. The number of aromatic nitrogens is 3. The van der Waals surface area contributed by atoms with Crippen LogP contribution in [0.2, 0.25) is 0 Å². The lowest BCUT2D eigenvalue weighted by atomic mass is 10.3. The highest BCUT2D eigenvalue weighted by Gasteiger charge is 2.20. The van der Waals surface area contributed by atoms with E-state index in [2.05, 4.69) is 15.1 Å². The van der Waals surface area contributed by atoms with Crippen molar-refractivity contribution in [2.45, 2.75) is 13.0 Å². The molecule has 0 radical (unpaired) electrons. The zero-order valence-corrected chi connectivity index (χ0v) is 12.7. The highest BCUT2D eigenvalue weighted by Crippen LogP contribution is 2.12. The van der Waals surface area contributed by atoms with Crippen molar-refractivity contribution in [3.63, 3.8) is 0 Å². The van der Waals surface area contributed by atoms with Crippen LogP contribution in [0.4, 0.5) is 0 Å². The van der Waals surface area contributed by atoms with Gasteiger partial charge in [0.05, 0.1) is 5.56 Å². The molecule has 1 saturated heterocycles. The number of hydrogen-bond donors (Lipinski definition) is 0. The van der Waals surface area contributed by atoms with E-state index in [0.717, 1.165) is 51.3 Å². The van der Waals surface area contributed by atoms with E-state index in [4.69, 9.17) is 0 Å². The van der Waals surface area contributed by atoms with Gasteiger partial charge in [-0.2, -0.15) is 11.3 Å². The average molecular weight is 305 g/mol. The molecule has 1 aliphatic heterocycles. The summed E-state index contributed by atoms with van der Waals surface area (Å²) in [4.78, 5) is 16.7. The highest BCUT2D eigenvalue weighted by atomic mass is 32.1. The van der Waals surface area contributed by atoms with Gasteiger partial charge >= 0.3 is 0 Å². The van der Waals surface area contributed by atoms with E-state index in [1.165, 1.54) is 0 Å². The molecule has 3 rings (SSSR count). The molecule has 3 heterocycles. The number of thiophene rings is 1. The monoisotopic (exact) mass is 305 g/mol. The Hall–Kier alpha value is -1.73. The number of amides is 1. The molecule has 0 saturated carbocycles. The van der Waals surface area contributed by atoms with Crippen LogP contribution in [-0.2, 0) is 6.54 Å². The normalized spacial score (nSPS) is 16.9. The summed E-state index contributed by atoms with van der Waals surface area (Å²) >= 11 is 1.57. The van der Waals surface area contributed by atoms with Gasteiger partial charge in [-0.3, -0.25) is 9.69 Å². The third kappa shape index (κ3) is 3.68. The summed E-state index contributed by atoms with van der Waals surface area (Å²) in [6.07, 6.45) is 4.51. The zero-order chi connectivity index (χ0) is 14.5. The third-order valence-electron chi connectivity index (χ3n) is 3.78. The fourth-order valence-corrected chi connectivity index (χ4v) is 3.19. The predicted molar refractivity (Wildman–Crippen MR) is 81.3 cm³/mol. The summed E-state index contributed by atoms with van der Waals surface area (Å²) in [7, 11) is 0. The quantitative estimate of drug-likeness (QED) is 0.851. The van der Waals surface area contributed by atoms with Crippen LogP contribution in [0.5, 0.6) is 0 Å². The lowest BCUT2D eigenvalue weighted by Gasteiger charge is -2.21. The maximum absolute atomic E-state index is 12.4. The molecule has 0 N–H and O–H groups in total. The SMILES string of the molecule is O=C(c1ccsc1)N1CCCN(CCn2cnnc2)CC1. The Morgan fingerprint density at radius 3 is 2.76 bits per heavy atom. The molecule has 0 unspecified atom stereocenters. The molecule has 1 fully saturated rings. The smallest absolute Gasteiger partial charge is 0.254 e. The summed E-state index contributed by atoms with van der Waals surface area (Å²) in [5, 5.41) is 11.5. The Morgan fingerprint density at radius 2 is 2.00 bits per heavy atom. The molecule has 0 atom stereocenters. The van der Waals surface area contributed by atoms with Crippen LogP contribution in [0.3, 0.4) is 0 Å². The summed E-state index contributed by atoms with van der Waals surface area (Å²) in [6.45, 7) is 5.48. The van der Waals surface area contributed by atoms with E-state index in [9.17, 15) is 4.79 Å². The van der Waals surface area contributed by atoms with Crippen LogP contribution in [0.25, 0.3) is 0 Å². The number of carbonyl (C=O) groups excluding carboxylic acids is 1. The second-order valence-electron chi connectivity index (χ2n) is 5.20. The number of carbonyl (C=O) groups is 1. The van der Waals surface area contributed by atoms with Crippen LogP contribution in [0.1, 0.15) is 16.8 Å². The second kappa shape index (κ2) is 6.82. The van der Waals surface area contributed by atoms with Gasteiger partial charge in [0.1, 0.15) is 12.7 Å². The van der Waals surface area contributed by atoms with E-state index < -0.39 is 0 Å². The van der Waals surface area contributed by atoms with E-state index in [-0.39, 0.29) is 5.91 Å². The Kier molecular flexibility index (Phi) is 4.62. The molecule has 2 aromatic rings. The summed E-state index contributed by atoms with van der Waals surface area (Å²) in [6, 6.07) is 1.90. The van der Waals surface area contributed by atoms with Crippen molar-refractivity contribution in [3.8, 4) is 0 Å². The highest BCUT2D eigenvalue weighted by molar-refractivity contribution is 7.08. The van der Waals surface area contributed by atoms with Crippen molar-refractivity contribution < 1.29 is 4.79 Å². The molecule has 21 heavy (non-hydrogen) atoms. The Balaban J connectivity index is 1.51. The summed E-state index contributed by atoms with van der Waals surface area (Å²) in [5.74, 6) is 0.164. The molecule has 1 aliphatic rings.